The Morgan fingerprint density at radius 2 is 1.56 bits per heavy atom. The van der Waals surface area contributed by atoms with E-state index in [9.17, 15) is 9.59 Å². The maximum Gasteiger partial charge on any atom is 0.408 e. The molecule has 1 atom stereocenters. The summed E-state index contributed by atoms with van der Waals surface area (Å²) in [5, 5.41) is 2.75. The zero-order valence-electron chi connectivity index (χ0n) is 16.8. The first-order valence-electron chi connectivity index (χ1n) is 8.56. The van der Waals surface area contributed by atoms with Gasteiger partial charge in [-0.1, -0.05) is 25.7 Å². The Bertz CT molecular complexity index is 489. The van der Waals surface area contributed by atoms with Crippen LogP contribution in [0.5, 0.6) is 0 Å². The molecule has 6 nitrogen and oxygen atoms in total. The van der Waals surface area contributed by atoms with E-state index in [2.05, 4.69) is 17.2 Å². The summed E-state index contributed by atoms with van der Waals surface area (Å²) in [5.41, 5.74) is -1.10. The van der Waals surface area contributed by atoms with Crippen LogP contribution in [0.1, 0.15) is 61.8 Å². The van der Waals surface area contributed by atoms with Crippen molar-refractivity contribution in [2.45, 2.75) is 79.1 Å². The van der Waals surface area contributed by atoms with E-state index in [4.69, 9.17) is 14.2 Å². The third-order valence-electron chi connectivity index (χ3n) is 2.49. The molecular weight excluding hydrogens is 322 g/mol. The molecule has 0 radical (unpaired) electrons. The van der Waals surface area contributed by atoms with Crippen LogP contribution in [0.2, 0.25) is 0 Å². The molecule has 0 spiro atoms. The van der Waals surface area contributed by atoms with Crippen LogP contribution >= 0.6 is 0 Å². The number of alkyl carbamates (subject to hydrolysis) is 1. The summed E-state index contributed by atoms with van der Waals surface area (Å²) in [5.74, 6) is 5.71. The molecule has 0 heterocycles. The van der Waals surface area contributed by atoms with E-state index in [0.29, 0.717) is 12.3 Å². The van der Waals surface area contributed by atoms with Crippen molar-refractivity contribution in [3.8, 4) is 11.8 Å². The predicted octanol–water partition coefficient (Wildman–Crippen LogP) is 3.29. The summed E-state index contributed by atoms with van der Waals surface area (Å²) in [4.78, 5) is 23.4. The summed E-state index contributed by atoms with van der Waals surface area (Å²) >= 11 is 0. The number of amides is 1. The fourth-order valence-electron chi connectivity index (χ4n) is 1.80. The number of hydrogen-bond acceptors (Lipinski definition) is 5. The summed E-state index contributed by atoms with van der Waals surface area (Å²) < 4.78 is 15.6. The molecule has 25 heavy (non-hydrogen) atoms. The molecule has 6 heteroatoms. The van der Waals surface area contributed by atoms with Crippen LogP contribution in [-0.2, 0) is 19.0 Å². The fourth-order valence-corrected chi connectivity index (χ4v) is 1.80. The molecule has 0 aliphatic rings. The summed E-state index contributed by atoms with van der Waals surface area (Å²) in [6.07, 6.45) is 0.195. The molecule has 0 aliphatic carbocycles. The molecule has 0 saturated heterocycles. The number of carbonyl (C=O) groups is 2. The first-order chi connectivity index (χ1) is 11.3. The SMILES string of the molecule is CC(C)C[C@@H](C#CCOCC(=O)OC(C)(C)C)NC(=O)OC(C)(C)C. The molecule has 0 aliphatic heterocycles. The molecule has 1 N–H and O–H groups in total. The number of rotatable bonds is 6. The zero-order valence-corrected chi connectivity index (χ0v) is 16.8. The largest absolute Gasteiger partial charge is 0.458 e. The quantitative estimate of drug-likeness (QED) is 0.450. The Morgan fingerprint density at radius 1 is 1.00 bits per heavy atom. The van der Waals surface area contributed by atoms with Gasteiger partial charge in [0, 0.05) is 0 Å². The van der Waals surface area contributed by atoms with Gasteiger partial charge in [-0.2, -0.15) is 0 Å². The highest BCUT2D eigenvalue weighted by molar-refractivity contribution is 5.71. The second-order valence-corrected chi connectivity index (χ2v) is 8.23. The third-order valence-corrected chi connectivity index (χ3v) is 2.49. The second kappa shape index (κ2) is 10.3. The van der Waals surface area contributed by atoms with Gasteiger partial charge in [0.15, 0.2) is 0 Å². The Kier molecular flexibility index (Phi) is 9.58. The van der Waals surface area contributed by atoms with E-state index in [0.717, 1.165) is 0 Å². The first-order valence-corrected chi connectivity index (χ1v) is 8.56. The standard InChI is InChI=1S/C19H33NO5/c1-14(2)12-15(20-17(22)25-19(6,7)8)10-9-11-23-13-16(21)24-18(3,4)5/h14-15H,11-13H2,1-8H3,(H,20,22)/t15-/m1/s1. The highest BCUT2D eigenvalue weighted by atomic mass is 16.6. The van der Waals surface area contributed by atoms with Crippen molar-refractivity contribution in [2.75, 3.05) is 13.2 Å². The van der Waals surface area contributed by atoms with Gasteiger partial charge in [0.25, 0.3) is 0 Å². The van der Waals surface area contributed by atoms with Crippen LogP contribution in [0.25, 0.3) is 0 Å². The fraction of sp³-hybridized carbons (Fsp3) is 0.789. The molecule has 1 amide bonds. The van der Waals surface area contributed by atoms with E-state index in [1.165, 1.54) is 0 Å². The van der Waals surface area contributed by atoms with Gasteiger partial charge in [-0.15, -0.1) is 0 Å². The van der Waals surface area contributed by atoms with E-state index in [-0.39, 0.29) is 19.3 Å². The van der Waals surface area contributed by atoms with E-state index < -0.39 is 23.3 Å². The van der Waals surface area contributed by atoms with Gasteiger partial charge in [0.1, 0.15) is 24.4 Å². The van der Waals surface area contributed by atoms with Crippen molar-refractivity contribution < 1.29 is 23.8 Å². The normalized spacial score (nSPS) is 12.8. The molecular formula is C19H33NO5. The molecule has 0 rings (SSSR count). The van der Waals surface area contributed by atoms with Gasteiger partial charge < -0.3 is 19.5 Å². The Labute approximate surface area is 152 Å². The Morgan fingerprint density at radius 3 is 2.04 bits per heavy atom. The summed E-state index contributed by atoms with van der Waals surface area (Å²) in [6, 6.07) is -0.333. The lowest BCUT2D eigenvalue weighted by atomic mass is 10.0. The van der Waals surface area contributed by atoms with Gasteiger partial charge in [0.2, 0.25) is 0 Å². The van der Waals surface area contributed by atoms with Gasteiger partial charge in [-0.05, 0) is 53.9 Å². The number of nitrogens with one attached hydrogen (secondary N) is 1. The minimum Gasteiger partial charge on any atom is -0.458 e. The second-order valence-electron chi connectivity index (χ2n) is 8.23. The topological polar surface area (TPSA) is 73.9 Å². The van der Waals surface area contributed by atoms with Crippen molar-refractivity contribution in [3.63, 3.8) is 0 Å². The van der Waals surface area contributed by atoms with Crippen LogP contribution < -0.4 is 5.32 Å². The molecule has 0 aromatic carbocycles. The average molecular weight is 355 g/mol. The zero-order chi connectivity index (χ0) is 19.7. The minimum absolute atomic E-state index is 0.0871. The van der Waals surface area contributed by atoms with Crippen LogP contribution in [-0.4, -0.2) is 42.5 Å². The Hall–Kier alpha value is -1.74. The smallest absolute Gasteiger partial charge is 0.408 e. The number of ether oxygens (including phenoxy) is 3. The van der Waals surface area contributed by atoms with Crippen molar-refractivity contribution in [2.24, 2.45) is 5.92 Å². The summed E-state index contributed by atoms with van der Waals surface area (Å²) in [6.45, 7) is 14.8. The molecule has 0 fully saturated rings. The highest BCUT2D eigenvalue weighted by Crippen LogP contribution is 2.09. The lowest BCUT2D eigenvalue weighted by Gasteiger charge is -2.22. The third kappa shape index (κ3) is 15.5. The molecule has 0 aromatic heterocycles. The van der Waals surface area contributed by atoms with E-state index in [1.54, 1.807) is 41.5 Å². The van der Waals surface area contributed by atoms with E-state index in [1.807, 2.05) is 13.8 Å². The number of esters is 1. The van der Waals surface area contributed by atoms with Crippen LogP contribution in [0, 0.1) is 17.8 Å². The lowest BCUT2D eigenvalue weighted by Crippen LogP contribution is -2.39. The van der Waals surface area contributed by atoms with Gasteiger partial charge in [-0.25, -0.2) is 9.59 Å². The average Bonchev–Trinajstić information content (AvgIpc) is 2.32. The number of hydrogen-bond donors (Lipinski definition) is 1. The molecule has 0 bridgehead atoms. The van der Waals surface area contributed by atoms with Crippen LogP contribution in [0.3, 0.4) is 0 Å². The number of carbonyl (C=O) groups excluding carboxylic acids is 2. The molecule has 0 unspecified atom stereocenters. The lowest BCUT2D eigenvalue weighted by molar-refractivity contribution is -0.159. The molecule has 0 aromatic rings. The Balaban J connectivity index is 4.43. The van der Waals surface area contributed by atoms with Crippen molar-refractivity contribution in [3.05, 3.63) is 0 Å². The van der Waals surface area contributed by atoms with Crippen LogP contribution in [0.4, 0.5) is 4.79 Å². The maximum atomic E-state index is 11.9. The summed E-state index contributed by atoms with van der Waals surface area (Å²) in [7, 11) is 0. The van der Waals surface area contributed by atoms with Crippen molar-refractivity contribution >= 4 is 12.1 Å². The first kappa shape index (κ1) is 23.3. The minimum atomic E-state index is -0.559. The van der Waals surface area contributed by atoms with Gasteiger partial charge >= 0.3 is 12.1 Å². The maximum absolute atomic E-state index is 11.9. The van der Waals surface area contributed by atoms with Crippen molar-refractivity contribution in [1.29, 1.82) is 0 Å². The van der Waals surface area contributed by atoms with E-state index >= 15 is 0 Å². The van der Waals surface area contributed by atoms with Crippen LogP contribution in [0.15, 0.2) is 0 Å². The monoisotopic (exact) mass is 355 g/mol. The molecule has 0 saturated carbocycles. The van der Waals surface area contributed by atoms with Gasteiger partial charge in [-0.3, -0.25) is 0 Å². The predicted molar refractivity (Wildman–Crippen MR) is 97.1 cm³/mol. The highest BCUT2D eigenvalue weighted by Gasteiger charge is 2.19. The molecule has 144 valence electrons. The van der Waals surface area contributed by atoms with Gasteiger partial charge in [0.05, 0.1) is 6.04 Å². The van der Waals surface area contributed by atoms with Crippen molar-refractivity contribution in [1.82, 2.24) is 5.32 Å².